The Morgan fingerprint density at radius 2 is 1.88 bits per heavy atom. The number of amides is 2. The second kappa shape index (κ2) is 7.63. The summed E-state index contributed by atoms with van der Waals surface area (Å²) in [4.78, 5) is 30.3. The van der Waals surface area contributed by atoms with Crippen LogP contribution >= 0.6 is 22.9 Å². The number of thiazole rings is 1. The Hall–Kier alpha value is -2.44. The minimum Gasteiger partial charge on any atom is -0.352 e. The molecule has 3 rings (SSSR count). The summed E-state index contributed by atoms with van der Waals surface area (Å²) in [6.45, 7) is 0.259. The highest BCUT2D eigenvalue weighted by molar-refractivity contribution is 7.22. The topological polar surface area (TPSA) is 62.3 Å². The molecule has 0 saturated heterocycles. The fourth-order valence-electron chi connectivity index (χ4n) is 2.26. The summed E-state index contributed by atoms with van der Waals surface area (Å²) >= 11 is 7.26. The van der Waals surface area contributed by atoms with E-state index in [2.05, 4.69) is 10.3 Å². The molecule has 1 heterocycles. The van der Waals surface area contributed by atoms with Crippen LogP contribution in [0, 0.1) is 0 Å². The summed E-state index contributed by atoms with van der Waals surface area (Å²) in [5.41, 5.74) is 1.38. The third-order valence-electron chi connectivity index (χ3n) is 3.67. The third-order valence-corrected chi connectivity index (χ3v) is 5.04. The van der Waals surface area contributed by atoms with Gasteiger partial charge in [0.05, 0.1) is 10.2 Å². The highest BCUT2D eigenvalue weighted by Crippen LogP contribution is 2.27. The van der Waals surface area contributed by atoms with E-state index in [1.807, 2.05) is 24.3 Å². The molecular formula is C18H16ClN3O2S. The van der Waals surface area contributed by atoms with Gasteiger partial charge in [0, 0.05) is 30.6 Å². The van der Waals surface area contributed by atoms with Crippen molar-refractivity contribution in [1.29, 1.82) is 0 Å². The van der Waals surface area contributed by atoms with E-state index in [1.54, 1.807) is 31.3 Å². The Morgan fingerprint density at radius 1 is 1.16 bits per heavy atom. The van der Waals surface area contributed by atoms with Crippen LogP contribution in [0.1, 0.15) is 16.8 Å². The highest BCUT2D eigenvalue weighted by atomic mass is 35.5. The first kappa shape index (κ1) is 17.4. The number of halogens is 1. The highest BCUT2D eigenvalue weighted by Gasteiger charge is 2.15. The van der Waals surface area contributed by atoms with Gasteiger partial charge in [-0.1, -0.05) is 35.1 Å². The molecule has 0 bridgehead atoms. The first-order valence-electron chi connectivity index (χ1n) is 7.70. The Bertz CT molecular complexity index is 875. The van der Waals surface area contributed by atoms with E-state index in [1.165, 1.54) is 16.2 Å². The molecule has 3 aromatic rings. The summed E-state index contributed by atoms with van der Waals surface area (Å²) in [6, 6.07) is 14.4. The number of fused-ring (bicyclic) bond motifs is 1. The zero-order valence-corrected chi connectivity index (χ0v) is 15.1. The summed E-state index contributed by atoms with van der Waals surface area (Å²) in [6.07, 6.45) is 0.200. The van der Waals surface area contributed by atoms with Gasteiger partial charge in [-0.05, 0) is 36.4 Å². The van der Waals surface area contributed by atoms with Crippen molar-refractivity contribution in [2.24, 2.45) is 0 Å². The lowest BCUT2D eigenvalue weighted by Crippen LogP contribution is -2.32. The molecule has 0 fully saturated rings. The fourth-order valence-corrected chi connectivity index (χ4v) is 3.33. The number of benzene rings is 2. The quantitative estimate of drug-likeness (QED) is 0.741. The Labute approximate surface area is 154 Å². The number of anilines is 1. The number of nitrogens with zero attached hydrogens (tertiary/aromatic N) is 2. The van der Waals surface area contributed by atoms with Gasteiger partial charge in [-0.15, -0.1) is 0 Å². The van der Waals surface area contributed by atoms with Crippen molar-refractivity contribution >= 4 is 50.1 Å². The van der Waals surface area contributed by atoms with Gasteiger partial charge in [-0.2, -0.15) is 0 Å². The second-order valence-corrected chi connectivity index (χ2v) is 6.88. The van der Waals surface area contributed by atoms with Crippen molar-refractivity contribution in [3.05, 3.63) is 59.1 Å². The van der Waals surface area contributed by atoms with Crippen molar-refractivity contribution in [3.63, 3.8) is 0 Å². The van der Waals surface area contributed by atoms with Gasteiger partial charge in [0.2, 0.25) is 5.91 Å². The van der Waals surface area contributed by atoms with Crippen molar-refractivity contribution in [3.8, 4) is 0 Å². The van der Waals surface area contributed by atoms with Gasteiger partial charge in [0.1, 0.15) is 0 Å². The van der Waals surface area contributed by atoms with Crippen molar-refractivity contribution in [1.82, 2.24) is 10.3 Å². The molecule has 0 atom stereocenters. The zero-order chi connectivity index (χ0) is 17.8. The number of para-hydroxylation sites is 1. The molecule has 0 aliphatic rings. The predicted molar refractivity (Wildman–Crippen MR) is 101 cm³/mol. The van der Waals surface area contributed by atoms with Crippen LogP contribution in [0.3, 0.4) is 0 Å². The lowest BCUT2D eigenvalue weighted by atomic mass is 10.2. The van der Waals surface area contributed by atoms with Crippen LogP contribution in [0.15, 0.2) is 48.5 Å². The minimum atomic E-state index is -0.230. The molecule has 7 heteroatoms. The smallest absolute Gasteiger partial charge is 0.251 e. The van der Waals surface area contributed by atoms with Gasteiger partial charge in [0.25, 0.3) is 5.91 Å². The standard InChI is InChI=1S/C18H16ClN3O2S/c1-22(18-21-14-4-2-3-5-15(14)25-18)16(23)10-11-20-17(24)12-6-8-13(19)9-7-12/h2-9H,10-11H2,1H3,(H,20,24). The molecule has 2 aromatic carbocycles. The van der Waals surface area contributed by atoms with Gasteiger partial charge >= 0.3 is 0 Å². The normalized spacial score (nSPS) is 10.6. The van der Waals surface area contributed by atoms with Gasteiger partial charge in [-0.25, -0.2) is 4.98 Å². The molecule has 0 spiro atoms. The molecule has 1 aromatic heterocycles. The van der Waals surface area contributed by atoms with E-state index in [9.17, 15) is 9.59 Å². The first-order chi connectivity index (χ1) is 12.0. The van der Waals surface area contributed by atoms with Gasteiger partial charge in [-0.3, -0.25) is 14.5 Å². The largest absolute Gasteiger partial charge is 0.352 e. The number of aromatic nitrogens is 1. The molecule has 5 nitrogen and oxygen atoms in total. The van der Waals surface area contributed by atoms with E-state index in [0.29, 0.717) is 15.7 Å². The number of hydrogen-bond donors (Lipinski definition) is 1. The second-order valence-electron chi connectivity index (χ2n) is 5.43. The molecule has 0 aliphatic carbocycles. The maximum Gasteiger partial charge on any atom is 0.251 e. The zero-order valence-electron chi connectivity index (χ0n) is 13.5. The maximum atomic E-state index is 12.3. The summed E-state index contributed by atoms with van der Waals surface area (Å²) in [7, 11) is 1.70. The van der Waals surface area contributed by atoms with Crippen LogP contribution < -0.4 is 10.2 Å². The molecule has 2 amide bonds. The van der Waals surface area contributed by atoms with Crippen molar-refractivity contribution in [2.75, 3.05) is 18.5 Å². The molecule has 128 valence electrons. The van der Waals surface area contributed by atoms with Crippen LogP contribution in [-0.4, -0.2) is 30.4 Å². The SMILES string of the molecule is CN(C(=O)CCNC(=O)c1ccc(Cl)cc1)c1nc2ccccc2s1. The summed E-state index contributed by atoms with van der Waals surface area (Å²) < 4.78 is 1.04. The Morgan fingerprint density at radius 3 is 2.60 bits per heavy atom. The van der Waals surface area contributed by atoms with Crippen LogP contribution in [-0.2, 0) is 4.79 Å². The van der Waals surface area contributed by atoms with E-state index >= 15 is 0 Å². The fraction of sp³-hybridized carbons (Fsp3) is 0.167. The lowest BCUT2D eigenvalue weighted by molar-refractivity contribution is -0.118. The number of nitrogens with one attached hydrogen (secondary N) is 1. The number of rotatable bonds is 5. The van der Waals surface area contributed by atoms with Gasteiger partial charge in [0.15, 0.2) is 5.13 Å². The van der Waals surface area contributed by atoms with Crippen LogP contribution in [0.2, 0.25) is 5.02 Å². The molecule has 1 N–H and O–H groups in total. The van der Waals surface area contributed by atoms with Crippen molar-refractivity contribution in [2.45, 2.75) is 6.42 Å². The molecule has 0 aliphatic heterocycles. The molecule has 0 saturated carbocycles. The van der Waals surface area contributed by atoms with Crippen LogP contribution in [0.4, 0.5) is 5.13 Å². The molecule has 0 unspecified atom stereocenters. The van der Waals surface area contributed by atoms with E-state index < -0.39 is 0 Å². The first-order valence-corrected chi connectivity index (χ1v) is 8.90. The monoisotopic (exact) mass is 373 g/mol. The Balaban J connectivity index is 1.55. The van der Waals surface area contributed by atoms with Crippen molar-refractivity contribution < 1.29 is 9.59 Å². The average Bonchev–Trinajstić information content (AvgIpc) is 3.05. The molecular weight excluding hydrogens is 358 g/mol. The van der Waals surface area contributed by atoms with E-state index in [-0.39, 0.29) is 24.8 Å². The predicted octanol–water partition coefficient (Wildman–Crippen LogP) is 3.73. The number of hydrogen-bond acceptors (Lipinski definition) is 4. The molecule has 25 heavy (non-hydrogen) atoms. The van der Waals surface area contributed by atoms with E-state index in [4.69, 9.17) is 11.6 Å². The summed E-state index contributed by atoms with van der Waals surface area (Å²) in [5, 5.41) is 3.96. The van der Waals surface area contributed by atoms with Gasteiger partial charge < -0.3 is 5.32 Å². The van der Waals surface area contributed by atoms with Crippen LogP contribution in [0.5, 0.6) is 0 Å². The summed E-state index contributed by atoms with van der Waals surface area (Å²) in [5.74, 6) is -0.331. The minimum absolute atomic E-state index is 0.101. The number of carbonyl (C=O) groups is 2. The average molecular weight is 374 g/mol. The number of carbonyl (C=O) groups excluding carboxylic acids is 2. The maximum absolute atomic E-state index is 12.3. The van der Waals surface area contributed by atoms with E-state index in [0.717, 1.165) is 10.2 Å². The Kier molecular flexibility index (Phi) is 5.31. The third kappa shape index (κ3) is 4.15. The van der Waals surface area contributed by atoms with Crippen LogP contribution in [0.25, 0.3) is 10.2 Å². The molecule has 0 radical (unpaired) electrons. The lowest BCUT2D eigenvalue weighted by Gasteiger charge is -2.13.